The van der Waals surface area contributed by atoms with E-state index in [1.165, 1.54) is 0 Å². The zero-order valence-electron chi connectivity index (χ0n) is 18.8. The maximum atomic E-state index is 13.0. The number of fused-ring (bicyclic) bond motifs is 1. The minimum Gasteiger partial charge on any atom is -0.497 e. The highest BCUT2D eigenvalue weighted by atomic mass is 35.5. The molecule has 1 amide bonds. The first-order chi connectivity index (χ1) is 16.3. The van der Waals surface area contributed by atoms with Gasteiger partial charge >= 0.3 is 0 Å². The predicted octanol–water partition coefficient (Wildman–Crippen LogP) is 5.88. The second-order valence-electron chi connectivity index (χ2n) is 7.55. The fourth-order valence-electron chi connectivity index (χ4n) is 3.30. The van der Waals surface area contributed by atoms with Gasteiger partial charge in [-0.2, -0.15) is 0 Å². The zero-order chi connectivity index (χ0) is 24.2. The minimum atomic E-state index is -0.341. The summed E-state index contributed by atoms with van der Waals surface area (Å²) in [6.07, 6.45) is 0. The molecule has 0 fully saturated rings. The summed E-state index contributed by atoms with van der Waals surface area (Å²) in [5, 5.41) is 3.63. The van der Waals surface area contributed by atoms with Crippen LogP contribution in [-0.4, -0.2) is 19.6 Å². The van der Waals surface area contributed by atoms with Crippen LogP contribution in [0.15, 0.2) is 69.9 Å². The van der Waals surface area contributed by atoms with Gasteiger partial charge in [-0.15, -0.1) is 0 Å². The molecule has 4 aromatic rings. The number of hydrogen-bond acceptors (Lipinski definition) is 6. The zero-order valence-corrected chi connectivity index (χ0v) is 19.6. The number of rotatable bonds is 7. The van der Waals surface area contributed by atoms with Crippen LogP contribution in [0.4, 0.5) is 5.69 Å². The summed E-state index contributed by atoms with van der Waals surface area (Å²) in [5.41, 5.74) is 1.52. The molecule has 7 nitrogen and oxygen atoms in total. The van der Waals surface area contributed by atoms with Crippen LogP contribution >= 0.6 is 11.6 Å². The summed E-state index contributed by atoms with van der Waals surface area (Å²) in [6.45, 7) is 3.29. The third-order valence-electron chi connectivity index (χ3n) is 5.11. The Labute approximate surface area is 200 Å². The first-order valence-corrected chi connectivity index (χ1v) is 10.8. The Hall–Kier alpha value is -3.97. The molecule has 1 N–H and O–H groups in total. The van der Waals surface area contributed by atoms with Gasteiger partial charge in [-0.1, -0.05) is 17.7 Å². The molecule has 8 heteroatoms. The summed E-state index contributed by atoms with van der Waals surface area (Å²) < 4.78 is 22.3. The number of halogens is 1. The van der Waals surface area contributed by atoms with Gasteiger partial charge in [0.1, 0.15) is 28.6 Å². The lowest BCUT2D eigenvalue weighted by atomic mass is 10.2. The number of anilines is 1. The highest BCUT2D eigenvalue weighted by Crippen LogP contribution is 2.28. The lowest BCUT2D eigenvalue weighted by Gasteiger charge is -2.11. The Balaban J connectivity index is 1.49. The number of carbonyl (C=O) groups is 1. The molecule has 174 valence electrons. The Kier molecular flexibility index (Phi) is 6.75. The van der Waals surface area contributed by atoms with Crippen molar-refractivity contribution in [3.63, 3.8) is 0 Å². The van der Waals surface area contributed by atoms with E-state index in [-0.39, 0.29) is 23.7 Å². The number of aryl methyl sites for hydroxylation is 2. The van der Waals surface area contributed by atoms with Crippen LogP contribution in [-0.2, 0) is 4.79 Å². The Morgan fingerprint density at radius 3 is 2.41 bits per heavy atom. The molecule has 0 atom stereocenters. The van der Waals surface area contributed by atoms with Gasteiger partial charge < -0.3 is 23.9 Å². The quantitative estimate of drug-likeness (QED) is 0.356. The summed E-state index contributed by atoms with van der Waals surface area (Å²) >= 11 is 5.99. The van der Waals surface area contributed by atoms with Crippen molar-refractivity contribution >= 4 is 34.2 Å². The van der Waals surface area contributed by atoms with E-state index in [1.807, 2.05) is 13.0 Å². The second kappa shape index (κ2) is 9.89. The van der Waals surface area contributed by atoms with Crippen LogP contribution in [0.1, 0.15) is 11.3 Å². The molecular weight excluding hydrogens is 458 g/mol. The van der Waals surface area contributed by atoms with Crippen LogP contribution in [0.3, 0.4) is 0 Å². The summed E-state index contributed by atoms with van der Waals surface area (Å²) in [4.78, 5) is 25.3. The molecule has 0 saturated carbocycles. The van der Waals surface area contributed by atoms with E-state index in [0.29, 0.717) is 44.7 Å². The second-order valence-corrected chi connectivity index (χ2v) is 7.98. The van der Waals surface area contributed by atoms with Gasteiger partial charge in [-0.3, -0.25) is 9.59 Å². The number of methoxy groups -OCH3 is 1. The first-order valence-electron chi connectivity index (χ1n) is 10.4. The van der Waals surface area contributed by atoms with Gasteiger partial charge in [-0.05, 0) is 67.9 Å². The molecular formula is C26H22ClNO6. The molecule has 34 heavy (non-hydrogen) atoms. The van der Waals surface area contributed by atoms with E-state index < -0.39 is 0 Å². The average Bonchev–Trinajstić information content (AvgIpc) is 2.83. The Bertz CT molecular complexity index is 1410. The fraction of sp³-hybridized carbons (Fsp3) is 0.154. The van der Waals surface area contributed by atoms with Crippen molar-refractivity contribution in [2.24, 2.45) is 0 Å². The SMILES string of the molecule is COc1ccc(Oc2c(C)oc3cc(OCC(=O)Nc4cc(Cl)ccc4C)ccc3c2=O)cc1. The van der Waals surface area contributed by atoms with Crippen LogP contribution in [0, 0.1) is 13.8 Å². The van der Waals surface area contributed by atoms with Gasteiger partial charge in [-0.25, -0.2) is 0 Å². The molecule has 0 saturated heterocycles. The number of amides is 1. The van der Waals surface area contributed by atoms with Crippen molar-refractivity contribution in [3.8, 4) is 23.0 Å². The van der Waals surface area contributed by atoms with Crippen LogP contribution in [0.25, 0.3) is 11.0 Å². The third-order valence-corrected chi connectivity index (χ3v) is 5.34. The van der Waals surface area contributed by atoms with Crippen molar-refractivity contribution in [2.75, 3.05) is 19.0 Å². The number of hydrogen-bond donors (Lipinski definition) is 1. The van der Waals surface area contributed by atoms with Crippen molar-refractivity contribution in [2.45, 2.75) is 13.8 Å². The maximum Gasteiger partial charge on any atom is 0.262 e. The molecule has 3 aromatic carbocycles. The molecule has 0 bridgehead atoms. The Morgan fingerprint density at radius 2 is 1.68 bits per heavy atom. The molecule has 0 aliphatic carbocycles. The molecule has 0 aliphatic rings. The van der Waals surface area contributed by atoms with Crippen molar-refractivity contribution in [1.29, 1.82) is 0 Å². The van der Waals surface area contributed by atoms with Gasteiger partial charge in [0.15, 0.2) is 6.61 Å². The van der Waals surface area contributed by atoms with E-state index in [1.54, 1.807) is 68.6 Å². The smallest absolute Gasteiger partial charge is 0.262 e. The summed E-state index contributed by atoms with van der Waals surface area (Å²) in [5.74, 6) is 1.63. The van der Waals surface area contributed by atoms with Gasteiger partial charge in [0.2, 0.25) is 11.2 Å². The monoisotopic (exact) mass is 479 g/mol. The highest BCUT2D eigenvalue weighted by Gasteiger charge is 2.15. The molecule has 0 unspecified atom stereocenters. The number of ether oxygens (including phenoxy) is 3. The molecule has 1 aromatic heterocycles. The van der Waals surface area contributed by atoms with Crippen molar-refractivity contribution < 1.29 is 23.4 Å². The molecule has 0 spiro atoms. The minimum absolute atomic E-state index is 0.0996. The van der Waals surface area contributed by atoms with Gasteiger partial charge in [0.25, 0.3) is 5.91 Å². The van der Waals surface area contributed by atoms with Gasteiger partial charge in [0, 0.05) is 16.8 Å². The van der Waals surface area contributed by atoms with E-state index in [9.17, 15) is 9.59 Å². The standard InChI is InChI=1S/C26H22ClNO6/c1-15-4-5-17(27)12-22(15)28-24(29)14-32-20-10-11-21-23(13-20)33-16(2)26(25(21)30)34-19-8-6-18(31-3)7-9-19/h4-13H,14H2,1-3H3,(H,28,29). The van der Waals surface area contributed by atoms with E-state index in [4.69, 9.17) is 30.2 Å². The molecule has 0 aliphatic heterocycles. The van der Waals surface area contributed by atoms with E-state index >= 15 is 0 Å². The number of carbonyl (C=O) groups excluding carboxylic acids is 1. The summed E-state index contributed by atoms with van der Waals surface area (Å²) in [6, 6.07) is 16.9. The lowest BCUT2D eigenvalue weighted by molar-refractivity contribution is -0.118. The molecule has 0 radical (unpaired) electrons. The lowest BCUT2D eigenvalue weighted by Crippen LogP contribution is -2.20. The van der Waals surface area contributed by atoms with Crippen molar-refractivity contribution in [1.82, 2.24) is 0 Å². The topological polar surface area (TPSA) is 87.0 Å². The predicted molar refractivity (Wildman–Crippen MR) is 131 cm³/mol. The highest BCUT2D eigenvalue weighted by molar-refractivity contribution is 6.31. The van der Waals surface area contributed by atoms with Crippen LogP contribution < -0.4 is 25.0 Å². The van der Waals surface area contributed by atoms with Gasteiger partial charge in [0.05, 0.1) is 12.5 Å². The fourth-order valence-corrected chi connectivity index (χ4v) is 3.47. The summed E-state index contributed by atoms with van der Waals surface area (Å²) in [7, 11) is 1.57. The molecule has 4 rings (SSSR count). The number of nitrogens with one attached hydrogen (secondary N) is 1. The normalized spacial score (nSPS) is 10.7. The van der Waals surface area contributed by atoms with E-state index in [2.05, 4.69) is 5.32 Å². The molecule has 1 heterocycles. The first kappa shape index (κ1) is 23.2. The largest absolute Gasteiger partial charge is 0.497 e. The van der Waals surface area contributed by atoms with Crippen molar-refractivity contribution in [3.05, 3.63) is 87.2 Å². The third kappa shape index (κ3) is 5.15. The maximum absolute atomic E-state index is 13.0. The average molecular weight is 480 g/mol. The van der Waals surface area contributed by atoms with Crippen LogP contribution in [0.5, 0.6) is 23.0 Å². The number of benzene rings is 3. The van der Waals surface area contributed by atoms with E-state index in [0.717, 1.165) is 5.56 Å². The van der Waals surface area contributed by atoms with Crippen LogP contribution in [0.2, 0.25) is 5.02 Å². The Morgan fingerprint density at radius 1 is 0.971 bits per heavy atom.